The largest absolute Gasteiger partial charge is 0.453 e. The molecule has 0 aliphatic heterocycles. The highest BCUT2D eigenvalue weighted by atomic mass is 32.1. The Morgan fingerprint density at radius 1 is 1.37 bits per heavy atom. The zero-order valence-corrected chi connectivity index (χ0v) is 11.2. The highest BCUT2D eigenvalue weighted by Crippen LogP contribution is 2.23. The standard InChI is InChI=1S/C14H12N2O2S/c1-2-5-10-14(19-16-15-10)13(17)12-8-9-6-3-4-7-11(9)18-12/h3-4,6-8H,2,5H2,1H3. The van der Waals surface area contributed by atoms with Crippen LogP contribution in [-0.2, 0) is 6.42 Å². The van der Waals surface area contributed by atoms with Crippen LogP contribution in [0.1, 0.15) is 34.5 Å². The normalized spacial score (nSPS) is 11.0. The molecule has 2 heterocycles. The van der Waals surface area contributed by atoms with Gasteiger partial charge < -0.3 is 4.42 Å². The number of rotatable bonds is 4. The third kappa shape index (κ3) is 2.17. The number of aromatic nitrogens is 2. The second kappa shape index (κ2) is 4.93. The van der Waals surface area contributed by atoms with E-state index in [1.807, 2.05) is 24.3 Å². The molecule has 0 N–H and O–H groups in total. The summed E-state index contributed by atoms with van der Waals surface area (Å²) in [6.45, 7) is 2.05. The molecule has 0 radical (unpaired) electrons. The molecule has 4 nitrogen and oxygen atoms in total. The van der Waals surface area contributed by atoms with Crippen molar-refractivity contribution in [3.63, 3.8) is 0 Å². The van der Waals surface area contributed by atoms with Gasteiger partial charge in [0.15, 0.2) is 5.76 Å². The maximum atomic E-state index is 12.4. The predicted octanol–water partition coefficient (Wildman–Crippen LogP) is 3.47. The van der Waals surface area contributed by atoms with Crippen LogP contribution in [0, 0.1) is 0 Å². The Morgan fingerprint density at radius 3 is 3.00 bits per heavy atom. The van der Waals surface area contributed by atoms with Gasteiger partial charge >= 0.3 is 0 Å². The Kier molecular flexibility index (Phi) is 3.13. The first kappa shape index (κ1) is 12.0. The SMILES string of the molecule is CCCc1nnsc1C(=O)c1cc2ccccc2o1. The monoisotopic (exact) mass is 272 g/mol. The molecule has 0 amide bonds. The first-order chi connectivity index (χ1) is 9.29. The number of hydrogen-bond donors (Lipinski definition) is 0. The molecular weight excluding hydrogens is 260 g/mol. The number of carbonyl (C=O) groups is 1. The summed E-state index contributed by atoms with van der Waals surface area (Å²) in [5.41, 5.74) is 1.48. The van der Waals surface area contributed by atoms with Crippen LogP contribution in [0.3, 0.4) is 0 Å². The van der Waals surface area contributed by atoms with Crippen LogP contribution >= 0.6 is 11.5 Å². The van der Waals surface area contributed by atoms with Gasteiger partial charge in [0, 0.05) is 5.39 Å². The third-order valence-corrected chi connectivity index (χ3v) is 3.66. The summed E-state index contributed by atoms with van der Waals surface area (Å²) in [6.07, 6.45) is 1.70. The number of para-hydroxylation sites is 1. The molecule has 0 atom stereocenters. The number of carbonyl (C=O) groups excluding carboxylic acids is 1. The van der Waals surface area contributed by atoms with E-state index >= 15 is 0 Å². The fourth-order valence-corrected chi connectivity index (χ4v) is 2.64. The molecule has 0 fully saturated rings. The highest BCUT2D eigenvalue weighted by molar-refractivity contribution is 7.08. The molecule has 3 aromatic rings. The van der Waals surface area contributed by atoms with Crippen molar-refractivity contribution in [2.24, 2.45) is 0 Å². The molecule has 0 aliphatic carbocycles. The van der Waals surface area contributed by atoms with Gasteiger partial charge in [-0.2, -0.15) is 0 Å². The molecule has 0 spiro atoms. The molecular formula is C14H12N2O2S. The third-order valence-electron chi connectivity index (χ3n) is 2.90. The smallest absolute Gasteiger partial charge is 0.241 e. The van der Waals surface area contributed by atoms with E-state index in [9.17, 15) is 4.79 Å². The lowest BCUT2D eigenvalue weighted by molar-refractivity contribution is 0.101. The van der Waals surface area contributed by atoms with E-state index in [2.05, 4.69) is 16.5 Å². The number of hydrogen-bond acceptors (Lipinski definition) is 5. The van der Waals surface area contributed by atoms with E-state index in [0.717, 1.165) is 41.0 Å². The van der Waals surface area contributed by atoms with E-state index in [1.54, 1.807) is 6.07 Å². The van der Waals surface area contributed by atoms with Crippen molar-refractivity contribution in [1.82, 2.24) is 9.59 Å². The van der Waals surface area contributed by atoms with Gasteiger partial charge in [0.05, 0.1) is 5.69 Å². The number of ketones is 1. The summed E-state index contributed by atoms with van der Waals surface area (Å²) in [6, 6.07) is 9.35. The fourth-order valence-electron chi connectivity index (χ4n) is 1.99. The lowest BCUT2D eigenvalue weighted by Crippen LogP contribution is -2.01. The van der Waals surface area contributed by atoms with Crippen LogP contribution < -0.4 is 0 Å². The number of benzene rings is 1. The Labute approximate surface area is 114 Å². The Balaban J connectivity index is 2.01. The minimum atomic E-state index is -0.130. The van der Waals surface area contributed by atoms with Crippen LogP contribution in [-0.4, -0.2) is 15.4 Å². The van der Waals surface area contributed by atoms with Crippen LogP contribution in [0.15, 0.2) is 34.7 Å². The topological polar surface area (TPSA) is 56.0 Å². The van der Waals surface area contributed by atoms with Crippen LogP contribution in [0.2, 0.25) is 0 Å². The van der Waals surface area contributed by atoms with E-state index in [1.165, 1.54) is 0 Å². The van der Waals surface area contributed by atoms with Crippen molar-refractivity contribution in [3.8, 4) is 0 Å². The minimum Gasteiger partial charge on any atom is -0.453 e. The van der Waals surface area contributed by atoms with Gasteiger partial charge in [0.25, 0.3) is 0 Å². The zero-order chi connectivity index (χ0) is 13.2. The van der Waals surface area contributed by atoms with Crippen LogP contribution in [0.5, 0.6) is 0 Å². The Hall–Kier alpha value is -2.01. The lowest BCUT2D eigenvalue weighted by Gasteiger charge is -1.95. The number of aryl methyl sites for hydroxylation is 1. The molecule has 1 aromatic carbocycles. The van der Waals surface area contributed by atoms with Gasteiger partial charge in [-0.05, 0) is 30.1 Å². The molecule has 0 unspecified atom stereocenters. The van der Waals surface area contributed by atoms with E-state index < -0.39 is 0 Å². The average molecular weight is 272 g/mol. The second-order valence-corrected chi connectivity index (χ2v) is 5.03. The van der Waals surface area contributed by atoms with Crippen molar-refractivity contribution in [3.05, 3.63) is 46.7 Å². The van der Waals surface area contributed by atoms with Gasteiger partial charge in [-0.25, -0.2) is 0 Å². The van der Waals surface area contributed by atoms with Crippen molar-refractivity contribution >= 4 is 28.3 Å². The number of furan rings is 1. The zero-order valence-electron chi connectivity index (χ0n) is 10.4. The molecule has 3 rings (SSSR count). The summed E-state index contributed by atoms with van der Waals surface area (Å²) in [5.74, 6) is 0.222. The van der Waals surface area contributed by atoms with Crippen LogP contribution in [0.4, 0.5) is 0 Å². The van der Waals surface area contributed by atoms with Crippen molar-refractivity contribution in [2.45, 2.75) is 19.8 Å². The first-order valence-corrected chi connectivity index (χ1v) is 6.91. The highest BCUT2D eigenvalue weighted by Gasteiger charge is 2.20. The first-order valence-electron chi connectivity index (χ1n) is 6.14. The molecule has 2 aromatic heterocycles. The van der Waals surface area contributed by atoms with Gasteiger partial charge in [-0.3, -0.25) is 4.79 Å². The van der Waals surface area contributed by atoms with Gasteiger partial charge in [0.1, 0.15) is 10.5 Å². The van der Waals surface area contributed by atoms with Gasteiger partial charge in [-0.15, -0.1) is 5.10 Å². The van der Waals surface area contributed by atoms with Crippen molar-refractivity contribution in [1.29, 1.82) is 0 Å². The molecule has 96 valence electrons. The van der Waals surface area contributed by atoms with Crippen LogP contribution in [0.25, 0.3) is 11.0 Å². The molecule has 0 bridgehead atoms. The van der Waals surface area contributed by atoms with E-state index in [0.29, 0.717) is 10.6 Å². The Morgan fingerprint density at radius 2 is 2.21 bits per heavy atom. The van der Waals surface area contributed by atoms with Crippen molar-refractivity contribution in [2.75, 3.05) is 0 Å². The second-order valence-electron chi connectivity index (χ2n) is 4.28. The summed E-state index contributed by atoms with van der Waals surface area (Å²) < 4.78 is 9.46. The van der Waals surface area contributed by atoms with Gasteiger partial charge in [0.2, 0.25) is 5.78 Å². The predicted molar refractivity (Wildman–Crippen MR) is 73.6 cm³/mol. The quantitative estimate of drug-likeness (QED) is 0.682. The molecule has 5 heteroatoms. The lowest BCUT2D eigenvalue weighted by atomic mass is 10.1. The summed E-state index contributed by atoms with van der Waals surface area (Å²) >= 11 is 1.13. The number of nitrogens with zero attached hydrogens (tertiary/aromatic N) is 2. The fraction of sp³-hybridized carbons (Fsp3) is 0.214. The van der Waals surface area contributed by atoms with Crippen molar-refractivity contribution < 1.29 is 9.21 Å². The molecule has 0 saturated heterocycles. The summed E-state index contributed by atoms with van der Waals surface area (Å²) in [5, 5.41) is 4.94. The molecule has 0 saturated carbocycles. The summed E-state index contributed by atoms with van der Waals surface area (Å²) in [4.78, 5) is 13.0. The minimum absolute atomic E-state index is 0.130. The maximum absolute atomic E-state index is 12.4. The average Bonchev–Trinajstić information content (AvgIpc) is 3.04. The van der Waals surface area contributed by atoms with E-state index in [4.69, 9.17) is 4.42 Å². The van der Waals surface area contributed by atoms with E-state index in [-0.39, 0.29) is 5.78 Å². The maximum Gasteiger partial charge on any atom is 0.241 e. The van der Waals surface area contributed by atoms with Gasteiger partial charge in [-0.1, -0.05) is 36.0 Å². The Bertz CT molecular complexity index is 697. The number of fused-ring (bicyclic) bond motifs is 1. The molecule has 0 aliphatic rings. The molecule has 19 heavy (non-hydrogen) atoms. The summed E-state index contributed by atoms with van der Waals surface area (Å²) in [7, 11) is 0.